The molecule has 1 aromatic rings. The Morgan fingerprint density at radius 2 is 2.03 bits per heavy atom. The highest BCUT2D eigenvalue weighted by atomic mass is 35.5. The first-order chi connectivity index (χ1) is 13.9. The maximum atomic E-state index is 13.2. The van der Waals surface area contributed by atoms with E-state index in [0.717, 1.165) is 25.2 Å². The molecule has 3 fully saturated rings. The van der Waals surface area contributed by atoms with E-state index >= 15 is 0 Å². The standard InChI is InChI=1S/C20H28ClN5O3/c1-5-8-24-18(27)16-17(23(3)20(24)28)22-19-25(10-12(2)11-26(16)19)13-6-7-15(29-4)14(21)9-13/h6-7,9,12,16-17,19,22H,5,8,10-11H2,1-4H3. The molecule has 3 aliphatic rings. The fourth-order valence-electron chi connectivity index (χ4n) is 4.68. The molecule has 3 heterocycles. The van der Waals surface area contributed by atoms with E-state index in [1.807, 2.05) is 25.1 Å². The number of anilines is 1. The molecule has 1 N–H and O–H groups in total. The quantitative estimate of drug-likeness (QED) is 0.802. The Labute approximate surface area is 176 Å². The zero-order chi connectivity index (χ0) is 20.9. The van der Waals surface area contributed by atoms with E-state index < -0.39 is 6.04 Å². The minimum atomic E-state index is -0.395. The maximum absolute atomic E-state index is 13.2. The van der Waals surface area contributed by atoms with Crippen LogP contribution in [0.3, 0.4) is 0 Å². The number of nitrogens with one attached hydrogen (secondary N) is 1. The number of hydrogen-bond acceptors (Lipinski definition) is 6. The highest BCUT2D eigenvalue weighted by molar-refractivity contribution is 6.32. The highest BCUT2D eigenvalue weighted by Crippen LogP contribution is 2.36. The van der Waals surface area contributed by atoms with Gasteiger partial charge in [0.05, 0.1) is 12.1 Å². The molecule has 4 atom stereocenters. The fraction of sp³-hybridized carbons (Fsp3) is 0.600. The van der Waals surface area contributed by atoms with Gasteiger partial charge in [0, 0.05) is 32.4 Å². The SMILES string of the molecule is CCCN1C(=O)C2C(NC3N(c4ccc(OC)c(Cl)c4)CC(C)CN23)N(C)C1=O. The number of amides is 3. The number of imide groups is 1. The van der Waals surface area contributed by atoms with E-state index in [9.17, 15) is 9.59 Å². The smallest absolute Gasteiger partial charge is 0.327 e. The van der Waals surface area contributed by atoms with E-state index in [2.05, 4.69) is 22.0 Å². The predicted octanol–water partition coefficient (Wildman–Crippen LogP) is 1.99. The zero-order valence-corrected chi connectivity index (χ0v) is 18.0. The lowest BCUT2D eigenvalue weighted by Gasteiger charge is -2.46. The minimum absolute atomic E-state index is 0.114. The summed E-state index contributed by atoms with van der Waals surface area (Å²) >= 11 is 6.37. The van der Waals surface area contributed by atoms with Crippen molar-refractivity contribution in [1.29, 1.82) is 0 Å². The molecule has 3 amide bonds. The highest BCUT2D eigenvalue weighted by Gasteiger charge is 2.56. The van der Waals surface area contributed by atoms with Gasteiger partial charge in [0.2, 0.25) is 0 Å². The molecule has 158 valence electrons. The van der Waals surface area contributed by atoms with Crippen LogP contribution in [0.2, 0.25) is 5.02 Å². The van der Waals surface area contributed by atoms with Crippen LogP contribution >= 0.6 is 11.6 Å². The van der Waals surface area contributed by atoms with Crippen molar-refractivity contribution in [3.05, 3.63) is 23.2 Å². The van der Waals surface area contributed by atoms with Crippen molar-refractivity contribution in [3.63, 3.8) is 0 Å². The molecule has 4 rings (SSSR count). The Kier molecular flexibility index (Phi) is 5.35. The number of benzene rings is 1. The Morgan fingerprint density at radius 1 is 1.28 bits per heavy atom. The summed E-state index contributed by atoms with van der Waals surface area (Å²) in [5, 5.41) is 4.06. The number of carbonyl (C=O) groups excluding carboxylic acids is 2. The van der Waals surface area contributed by atoms with Gasteiger partial charge < -0.3 is 14.5 Å². The molecule has 4 unspecified atom stereocenters. The molecule has 3 saturated heterocycles. The Morgan fingerprint density at radius 3 is 2.69 bits per heavy atom. The summed E-state index contributed by atoms with van der Waals surface area (Å²) in [6.45, 7) is 6.19. The lowest BCUT2D eigenvalue weighted by molar-refractivity contribution is -0.138. The molecule has 0 radical (unpaired) electrons. The van der Waals surface area contributed by atoms with Crippen LogP contribution in [0.1, 0.15) is 20.3 Å². The van der Waals surface area contributed by atoms with Crippen LogP contribution in [-0.4, -0.2) is 78.9 Å². The number of nitrogens with zero attached hydrogens (tertiary/aromatic N) is 4. The van der Waals surface area contributed by atoms with Crippen molar-refractivity contribution in [2.45, 2.75) is 38.8 Å². The molecule has 9 heteroatoms. The number of ether oxygens (including phenoxy) is 1. The summed E-state index contributed by atoms with van der Waals surface area (Å²) in [6, 6.07) is 5.09. The van der Waals surface area contributed by atoms with Crippen molar-refractivity contribution in [2.24, 2.45) is 5.92 Å². The number of fused-ring (bicyclic) bond motifs is 3. The number of carbonyl (C=O) groups is 2. The van der Waals surface area contributed by atoms with Crippen LogP contribution in [0.15, 0.2) is 18.2 Å². The van der Waals surface area contributed by atoms with Gasteiger partial charge in [-0.15, -0.1) is 0 Å². The number of hydrogen-bond donors (Lipinski definition) is 1. The molecule has 1 aromatic carbocycles. The van der Waals surface area contributed by atoms with Crippen LogP contribution in [0.25, 0.3) is 0 Å². The van der Waals surface area contributed by atoms with Crippen LogP contribution < -0.4 is 15.0 Å². The van der Waals surface area contributed by atoms with Crippen LogP contribution in [0, 0.1) is 5.92 Å². The molecule has 0 spiro atoms. The lowest BCUT2D eigenvalue weighted by Crippen LogP contribution is -2.66. The molecule has 3 aliphatic heterocycles. The number of likely N-dealkylation sites (N-methyl/N-ethyl adjacent to an activating group) is 1. The van der Waals surface area contributed by atoms with Crippen molar-refractivity contribution in [1.82, 2.24) is 20.0 Å². The van der Waals surface area contributed by atoms with Gasteiger partial charge >= 0.3 is 6.03 Å². The van der Waals surface area contributed by atoms with Crippen molar-refractivity contribution < 1.29 is 14.3 Å². The first-order valence-electron chi connectivity index (χ1n) is 10.1. The average molecular weight is 422 g/mol. The maximum Gasteiger partial charge on any atom is 0.327 e. The minimum Gasteiger partial charge on any atom is -0.495 e. The van der Waals surface area contributed by atoms with E-state index in [1.165, 1.54) is 4.90 Å². The lowest BCUT2D eigenvalue weighted by atomic mass is 10.0. The monoisotopic (exact) mass is 421 g/mol. The largest absolute Gasteiger partial charge is 0.495 e. The first-order valence-corrected chi connectivity index (χ1v) is 10.4. The molecule has 0 aliphatic carbocycles. The summed E-state index contributed by atoms with van der Waals surface area (Å²) in [4.78, 5) is 33.4. The second kappa shape index (κ2) is 7.66. The topological polar surface area (TPSA) is 68.4 Å². The summed E-state index contributed by atoms with van der Waals surface area (Å²) in [6.07, 6.45) is 0.202. The Bertz CT molecular complexity index is 821. The second-order valence-corrected chi connectivity index (χ2v) is 8.49. The predicted molar refractivity (Wildman–Crippen MR) is 111 cm³/mol. The van der Waals surface area contributed by atoms with E-state index in [1.54, 1.807) is 19.1 Å². The van der Waals surface area contributed by atoms with Crippen LogP contribution in [0.4, 0.5) is 10.5 Å². The second-order valence-electron chi connectivity index (χ2n) is 8.09. The fourth-order valence-corrected chi connectivity index (χ4v) is 4.93. The summed E-state index contributed by atoms with van der Waals surface area (Å²) in [7, 11) is 3.36. The van der Waals surface area contributed by atoms with Crippen molar-refractivity contribution in [2.75, 3.05) is 38.7 Å². The number of rotatable bonds is 4. The molecule has 0 bridgehead atoms. The van der Waals surface area contributed by atoms with E-state index in [-0.39, 0.29) is 24.4 Å². The molecular weight excluding hydrogens is 394 g/mol. The Hall–Kier alpha value is -2.03. The molecule has 8 nitrogen and oxygen atoms in total. The van der Waals surface area contributed by atoms with Crippen molar-refractivity contribution in [3.8, 4) is 5.75 Å². The van der Waals surface area contributed by atoms with Gasteiger partial charge in [-0.2, -0.15) is 0 Å². The molecule has 0 saturated carbocycles. The first kappa shape index (κ1) is 20.3. The molecule has 0 aromatic heterocycles. The van der Waals surface area contributed by atoms with Crippen LogP contribution in [-0.2, 0) is 4.79 Å². The van der Waals surface area contributed by atoms with Crippen LogP contribution in [0.5, 0.6) is 5.75 Å². The number of methoxy groups -OCH3 is 1. The average Bonchev–Trinajstić information content (AvgIpc) is 3.08. The normalized spacial score (nSPS) is 29.9. The number of urea groups is 1. The third-order valence-electron chi connectivity index (χ3n) is 6.00. The van der Waals surface area contributed by atoms with Gasteiger partial charge in [0.1, 0.15) is 24.2 Å². The van der Waals surface area contributed by atoms with E-state index in [0.29, 0.717) is 23.2 Å². The summed E-state index contributed by atoms with van der Waals surface area (Å²) in [5.74, 6) is 0.862. The zero-order valence-electron chi connectivity index (χ0n) is 17.3. The third-order valence-corrected chi connectivity index (χ3v) is 6.29. The van der Waals surface area contributed by atoms with Crippen molar-refractivity contribution >= 4 is 29.2 Å². The molecular formula is C20H28ClN5O3. The summed E-state index contributed by atoms with van der Waals surface area (Å²) < 4.78 is 5.28. The Balaban J connectivity index is 1.68. The van der Waals surface area contributed by atoms with Gasteiger partial charge in [-0.1, -0.05) is 25.4 Å². The van der Waals surface area contributed by atoms with Gasteiger partial charge in [0.25, 0.3) is 5.91 Å². The third kappa shape index (κ3) is 3.23. The number of halogens is 1. The van der Waals surface area contributed by atoms with Gasteiger partial charge in [-0.05, 0) is 30.5 Å². The van der Waals surface area contributed by atoms with Gasteiger partial charge in [0.15, 0.2) is 0 Å². The van der Waals surface area contributed by atoms with Gasteiger partial charge in [-0.3, -0.25) is 19.9 Å². The van der Waals surface area contributed by atoms with E-state index in [4.69, 9.17) is 16.3 Å². The van der Waals surface area contributed by atoms with Gasteiger partial charge in [-0.25, -0.2) is 4.79 Å². The summed E-state index contributed by atoms with van der Waals surface area (Å²) in [5.41, 5.74) is 0.954. The molecule has 29 heavy (non-hydrogen) atoms.